The van der Waals surface area contributed by atoms with Crippen LogP contribution in [-0.4, -0.2) is 17.1 Å². The summed E-state index contributed by atoms with van der Waals surface area (Å²) in [6.45, 7) is 0. The number of hydrogen-bond donors (Lipinski definition) is 1. The molecule has 1 atom stereocenters. The molecule has 2 rings (SSSR count). The smallest absolute Gasteiger partial charge is 0.332 e. The average Bonchev–Trinajstić information content (AvgIpc) is 2.41. The average molecular weight is 278 g/mol. The van der Waals surface area contributed by atoms with Crippen molar-refractivity contribution in [3.05, 3.63) is 51.9 Å². The Labute approximate surface area is 115 Å². The standard InChI is InChI=1S/C14H12ClNO3/c15-13-10(7-8-12(16-19)14(17)18)6-5-9-3-1-2-4-11(9)13/h1-6,12H,7-8H2,(H,17,18). The molecule has 0 heterocycles. The first-order chi connectivity index (χ1) is 9.13. The summed E-state index contributed by atoms with van der Waals surface area (Å²) in [5.41, 5.74) is 0.829. The van der Waals surface area contributed by atoms with Crippen molar-refractivity contribution in [1.82, 2.24) is 0 Å². The zero-order chi connectivity index (χ0) is 13.8. The number of carboxylic acids is 1. The Bertz CT molecular complexity index is 627. The van der Waals surface area contributed by atoms with Crippen LogP contribution in [0.4, 0.5) is 0 Å². The van der Waals surface area contributed by atoms with Gasteiger partial charge in [-0.2, -0.15) is 0 Å². The van der Waals surface area contributed by atoms with Gasteiger partial charge < -0.3 is 5.11 Å². The number of halogens is 1. The van der Waals surface area contributed by atoms with Gasteiger partial charge in [-0.3, -0.25) is 0 Å². The molecule has 0 aliphatic heterocycles. The van der Waals surface area contributed by atoms with E-state index in [4.69, 9.17) is 16.7 Å². The monoisotopic (exact) mass is 277 g/mol. The first kappa shape index (κ1) is 13.5. The highest BCUT2D eigenvalue weighted by Gasteiger charge is 2.18. The predicted molar refractivity (Wildman–Crippen MR) is 74.5 cm³/mol. The van der Waals surface area contributed by atoms with Crippen molar-refractivity contribution in [3.8, 4) is 0 Å². The molecule has 0 bridgehead atoms. The summed E-state index contributed by atoms with van der Waals surface area (Å²) in [6, 6.07) is 10.3. The maximum Gasteiger partial charge on any atom is 0.332 e. The van der Waals surface area contributed by atoms with Crippen LogP contribution in [0.25, 0.3) is 10.8 Å². The van der Waals surface area contributed by atoms with Gasteiger partial charge in [-0.1, -0.05) is 53.2 Å². The van der Waals surface area contributed by atoms with E-state index in [1.54, 1.807) is 0 Å². The first-order valence-corrected chi connectivity index (χ1v) is 6.22. The van der Waals surface area contributed by atoms with Crippen LogP contribution >= 0.6 is 11.6 Å². The van der Waals surface area contributed by atoms with E-state index in [1.807, 2.05) is 36.4 Å². The second kappa shape index (κ2) is 5.80. The van der Waals surface area contributed by atoms with Crippen molar-refractivity contribution in [2.24, 2.45) is 5.18 Å². The molecule has 5 heteroatoms. The molecule has 0 amide bonds. The summed E-state index contributed by atoms with van der Waals surface area (Å²) in [5.74, 6) is -1.20. The van der Waals surface area contributed by atoms with E-state index in [0.29, 0.717) is 11.4 Å². The highest BCUT2D eigenvalue weighted by Crippen LogP contribution is 2.28. The van der Waals surface area contributed by atoms with Crippen LogP contribution in [-0.2, 0) is 11.2 Å². The fraction of sp³-hybridized carbons (Fsp3) is 0.214. The molecule has 0 saturated heterocycles. The third-order valence-corrected chi connectivity index (χ3v) is 3.49. The Hall–Kier alpha value is -1.94. The number of aryl methyl sites for hydroxylation is 1. The molecule has 0 radical (unpaired) electrons. The van der Waals surface area contributed by atoms with Crippen LogP contribution in [0, 0.1) is 4.91 Å². The van der Waals surface area contributed by atoms with E-state index in [-0.39, 0.29) is 6.42 Å². The number of benzene rings is 2. The summed E-state index contributed by atoms with van der Waals surface area (Å²) in [7, 11) is 0. The van der Waals surface area contributed by atoms with Crippen LogP contribution in [0.3, 0.4) is 0 Å². The summed E-state index contributed by atoms with van der Waals surface area (Å²) in [5, 5.41) is 13.9. The second-order valence-corrected chi connectivity index (χ2v) is 4.64. The highest BCUT2D eigenvalue weighted by molar-refractivity contribution is 6.36. The van der Waals surface area contributed by atoms with Gasteiger partial charge in [-0.15, -0.1) is 4.91 Å². The molecule has 0 spiro atoms. The maximum absolute atomic E-state index is 10.7. The fourth-order valence-electron chi connectivity index (χ4n) is 1.99. The van der Waals surface area contributed by atoms with Gasteiger partial charge in [-0.25, -0.2) is 4.79 Å². The Balaban J connectivity index is 2.24. The third kappa shape index (κ3) is 2.90. The molecule has 0 fully saturated rings. The minimum Gasteiger partial charge on any atom is -0.480 e. The number of aliphatic carboxylic acids is 1. The quantitative estimate of drug-likeness (QED) is 0.848. The third-order valence-electron chi connectivity index (χ3n) is 3.04. The summed E-state index contributed by atoms with van der Waals surface area (Å²) < 4.78 is 0. The van der Waals surface area contributed by atoms with Gasteiger partial charge in [0.2, 0.25) is 0 Å². The van der Waals surface area contributed by atoms with Crippen molar-refractivity contribution < 1.29 is 9.90 Å². The minimum atomic E-state index is -1.22. The normalized spacial score (nSPS) is 12.3. The van der Waals surface area contributed by atoms with Crippen molar-refractivity contribution in [2.75, 3.05) is 0 Å². The molecule has 0 aromatic heterocycles. The Morgan fingerprint density at radius 1 is 1.26 bits per heavy atom. The molecule has 0 aliphatic rings. The minimum absolute atomic E-state index is 0.150. The summed E-state index contributed by atoms with van der Waals surface area (Å²) in [6.07, 6.45) is 0.559. The molecule has 4 nitrogen and oxygen atoms in total. The molecule has 98 valence electrons. The van der Waals surface area contributed by atoms with Gasteiger partial charge in [0.05, 0.1) is 5.02 Å². The highest BCUT2D eigenvalue weighted by atomic mass is 35.5. The number of hydrogen-bond acceptors (Lipinski definition) is 3. The SMILES string of the molecule is O=NC(CCc1ccc2ccccc2c1Cl)C(=O)O. The van der Waals surface area contributed by atoms with Gasteiger partial charge in [-0.05, 0) is 23.8 Å². The lowest BCUT2D eigenvalue weighted by molar-refractivity contribution is -0.138. The molecular formula is C14H12ClNO3. The van der Waals surface area contributed by atoms with Gasteiger partial charge in [0.1, 0.15) is 0 Å². The van der Waals surface area contributed by atoms with Gasteiger partial charge in [0.25, 0.3) is 0 Å². The van der Waals surface area contributed by atoms with Crippen LogP contribution in [0.1, 0.15) is 12.0 Å². The van der Waals surface area contributed by atoms with Crippen molar-refractivity contribution in [2.45, 2.75) is 18.9 Å². The maximum atomic E-state index is 10.7. The zero-order valence-corrected chi connectivity index (χ0v) is 10.8. The fourth-order valence-corrected chi connectivity index (χ4v) is 2.31. The molecular weight excluding hydrogens is 266 g/mol. The van der Waals surface area contributed by atoms with E-state index in [1.165, 1.54) is 0 Å². The molecule has 2 aromatic rings. The van der Waals surface area contributed by atoms with E-state index in [0.717, 1.165) is 16.3 Å². The van der Waals surface area contributed by atoms with Crippen LogP contribution in [0.2, 0.25) is 5.02 Å². The predicted octanol–water partition coefficient (Wildman–Crippen LogP) is 3.65. The first-order valence-electron chi connectivity index (χ1n) is 5.85. The molecule has 2 aromatic carbocycles. The number of nitrogens with zero attached hydrogens (tertiary/aromatic N) is 1. The van der Waals surface area contributed by atoms with Crippen LogP contribution < -0.4 is 0 Å². The summed E-state index contributed by atoms with van der Waals surface area (Å²) >= 11 is 6.29. The lowest BCUT2D eigenvalue weighted by Crippen LogP contribution is -2.17. The Morgan fingerprint density at radius 2 is 2.00 bits per heavy atom. The van der Waals surface area contributed by atoms with Gasteiger partial charge in [0.15, 0.2) is 6.04 Å². The van der Waals surface area contributed by atoms with Crippen molar-refractivity contribution in [3.63, 3.8) is 0 Å². The lowest BCUT2D eigenvalue weighted by Gasteiger charge is -2.08. The molecule has 0 aliphatic carbocycles. The van der Waals surface area contributed by atoms with Crippen molar-refractivity contribution >= 4 is 28.3 Å². The molecule has 1 N–H and O–H groups in total. The Morgan fingerprint density at radius 3 is 2.68 bits per heavy atom. The number of carboxylic acid groups (broad SMARTS) is 1. The number of rotatable bonds is 5. The number of fused-ring (bicyclic) bond motifs is 1. The van der Waals surface area contributed by atoms with Gasteiger partial charge >= 0.3 is 5.97 Å². The number of nitroso groups, excluding NO2 is 1. The van der Waals surface area contributed by atoms with Crippen LogP contribution in [0.15, 0.2) is 41.6 Å². The second-order valence-electron chi connectivity index (χ2n) is 4.26. The Kier molecular flexibility index (Phi) is 4.12. The molecule has 1 unspecified atom stereocenters. The molecule has 19 heavy (non-hydrogen) atoms. The van der Waals surface area contributed by atoms with E-state index in [9.17, 15) is 9.70 Å². The van der Waals surface area contributed by atoms with Crippen molar-refractivity contribution in [1.29, 1.82) is 0 Å². The van der Waals surface area contributed by atoms with E-state index >= 15 is 0 Å². The largest absolute Gasteiger partial charge is 0.480 e. The summed E-state index contributed by atoms with van der Waals surface area (Å²) in [4.78, 5) is 21.1. The topological polar surface area (TPSA) is 66.7 Å². The van der Waals surface area contributed by atoms with E-state index in [2.05, 4.69) is 5.18 Å². The van der Waals surface area contributed by atoms with Gasteiger partial charge in [0, 0.05) is 5.39 Å². The zero-order valence-electron chi connectivity index (χ0n) is 10.0. The van der Waals surface area contributed by atoms with E-state index < -0.39 is 12.0 Å². The van der Waals surface area contributed by atoms with Crippen LogP contribution in [0.5, 0.6) is 0 Å². The number of carbonyl (C=O) groups is 1. The molecule has 0 saturated carbocycles. The lowest BCUT2D eigenvalue weighted by atomic mass is 10.0.